The highest BCUT2D eigenvalue weighted by Gasteiger charge is 2.59. The zero-order valence-corrected chi connectivity index (χ0v) is 71.9. The SMILES string of the molecule is C1CCNCC1.CCCl.CCOc1ccc(C(C)C)cc1.CCOc1ccc(C2(N3CCCCC3)C(=O)NC(=O)NC2=O)cc1.CCOc1ccc(C2(N3CCN(C)CC3)C(=O)NC(=O)NC2=O)cc1.CCOc1ccc(C2(N3CCNCC3)C(=O)NC(=O)NC2=O)cc1.CCOc1ccc(CC)cc1.CCc1ccc(O)cc1.O=C(O)C(F)(F)F. The molecule has 0 aromatic heterocycles. The van der Waals surface area contributed by atoms with Crippen LogP contribution in [0, 0.1) is 0 Å². The monoisotopic (exact) mass is 1710 g/mol. The number of nitrogens with one attached hydrogen (secondary N) is 8. The maximum Gasteiger partial charge on any atom is 0.490 e. The number of carboxylic acid groups (broad SMARTS) is 1. The molecule has 7 aliphatic rings. The molecule has 662 valence electrons. The normalized spacial score (nSPS) is 17.4. The van der Waals surface area contributed by atoms with Crippen LogP contribution in [0.2, 0.25) is 0 Å². The molecular weight excluding hydrogens is 1590 g/mol. The molecule has 7 heterocycles. The summed E-state index contributed by atoms with van der Waals surface area (Å²) in [5, 5.41) is 35.9. The largest absolute Gasteiger partial charge is 0.508 e. The number of aryl methyl sites for hydroxylation is 2. The molecule has 0 unspecified atom stereocenters. The van der Waals surface area contributed by atoms with Gasteiger partial charge in [0.25, 0.3) is 35.4 Å². The van der Waals surface area contributed by atoms with E-state index >= 15 is 0 Å². The zero-order valence-electron chi connectivity index (χ0n) is 71.1. The summed E-state index contributed by atoms with van der Waals surface area (Å²) in [5.74, 6) is -0.856. The highest BCUT2D eigenvalue weighted by Crippen LogP contribution is 2.38. The number of hydrogen-bond donors (Lipinski definition) is 10. The van der Waals surface area contributed by atoms with Gasteiger partial charge in [-0.2, -0.15) is 13.2 Å². The third kappa shape index (κ3) is 29.5. The number of likely N-dealkylation sites (N-methyl/N-ethyl adjacent to an activating group) is 1. The number of halogens is 4. The fourth-order valence-electron chi connectivity index (χ4n) is 13.6. The molecule has 10 N–H and O–H groups in total. The number of hydrogen-bond acceptors (Lipinski definition) is 22. The van der Waals surface area contributed by atoms with Crippen molar-refractivity contribution in [3.63, 3.8) is 0 Å². The minimum atomic E-state index is -5.08. The number of piperidine rings is 2. The Bertz CT molecular complexity index is 4020. The quantitative estimate of drug-likeness (QED) is 0.0266. The van der Waals surface area contributed by atoms with Gasteiger partial charge >= 0.3 is 30.2 Å². The summed E-state index contributed by atoms with van der Waals surface area (Å²) in [5.41, 5.74) is 0.910. The predicted octanol–water partition coefficient (Wildman–Crippen LogP) is 11.0. The number of benzene rings is 6. The Morgan fingerprint density at radius 2 is 0.653 bits per heavy atom. The summed E-state index contributed by atoms with van der Waals surface area (Å²) in [4.78, 5) is 128. The van der Waals surface area contributed by atoms with E-state index in [1.165, 1.54) is 49.0 Å². The Balaban J connectivity index is 0.000000256. The highest BCUT2D eigenvalue weighted by molar-refractivity contribution is 6.24. The first kappa shape index (κ1) is 101. The third-order valence-corrected chi connectivity index (χ3v) is 19.8. The van der Waals surface area contributed by atoms with Crippen molar-refractivity contribution in [3.8, 4) is 34.5 Å². The fraction of sp³-hybridized carbons (Fsp3) is 0.477. The summed E-state index contributed by atoms with van der Waals surface area (Å²) < 4.78 is 58.7. The molecule has 121 heavy (non-hydrogen) atoms. The molecular formula is C88H120ClF3N12O17. The summed E-state index contributed by atoms with van der Waals surface area (Å²) >= 11 is 5.00. The van der Waals surface area contributed by atoms with E-state index in [0.717, 1.165) is 75.8 Å². The lowest BCUT2D eigenvalue weighted by Gasteiger charge is -2.46. The second-order valence-corrected chi connectivity index (χ2v) is 28.8. The lowest BCUT2D eigenvalue weighted by Crippen LogP contribution is -2.72. The Morgan fingerprint density at radius 3 is 0.909 bits per heavy atom. The number of carbonyl (C=O) groups excluding carboxylic acids is 9. The van der Waals surface area contributed by atoms with Crippen LogP contribution in [0.15, 0.2) is 146 Å². The maximum absolute atomic E-state index is 12.8. The van der Waals surface area contributed by atoms with Crippen molar-refractivity contribution in [1.29, 1.82) is 0 Å². The maximum atomic E-state index is 12.8. The average molecular weight is 1710 g/mol. The number of alkyl halides is 4. The van der Waals surface area contributed by atoms with E-state index in [-0.39, 0.29) is 0 Å². The summed E-state index contributed by atoms with van der Waals surface area (Å²) in [6.07, 6.45) is 4.14. The van der Waals surface area contributed by atoms with Crippen molar-refractivity contribution in [1.82, 2.24) is 62.1 Å². The second-order valence-electron chi connectivity index (χ2n) is 28.3. The first-order chi connectivity index (χ1) is 57.9. The van der Waals surface area contributed by atoms with Crippen molar-refractivity contribution in [2.24, 2.45) is 0 Å². The molecule has 29 nitrogen and oxygen atoms in total. The zero-order chi connectivity index (χ0) is 89.1. The topological polar surface area (TPSA) is 367 Å². The molecule has 7 aliphatic heterocycles. The van der Waals surface area contributed by atoms with Crippen molar-refractivity contribution < 1.29 is 95.0 Å². The van der Waals surface area contributed by atoms with Gasteiger partial charge in [-0.25, -0.2) is 19.2 Å². The molecule has 6 aromatic carbocycles. The Morgan fingerprint density at radius 1 is 0.397 bits per heavy atom. The van der Waals surface area contributed by atoms with E-state index in [9.17, 15) is 56.3 Å². The number of urea groups is 3. The lowest BCUT2D eigenvalue weighted by atomic mass is 9.83. The Kier molecular flexibility index (Phi) is 43.1. The van der Waals surface area contributed by atoms with Gasteiger partial charge in [-0.05, 0) is 218 Å². The lowest BCUT2D eigenvalue weighted by molar-refractivity contribution is -0.192. The molecule has 12 amide bonds. The van der Waals surface area contributed by atoms with Gasteiger partial charge in [-0.15, -0.1) is 11.6 Å². The minimum Gasteiger partial charge on any atom is -0.508 e. The van der Waals surface area contributed by atoms with Gasteiger partial charge in [-0.1, -0.05) is 120 Å². The predicted molar refractivity (Wildman–Crippen MR) is 455 cm³/mol. The standard InChI is InChI=1S/C17H22N4O4.C17H21N3O4.C16H20N4O4.C11H16O.C10H14O.C8H10O.C5H11N.C2H5Cl.C2HF3O2/c1-3-25-13-6-4-12(5-7-13)17(21-10-8-20(2)9-11-21)14(22)18-16(24)19-15(17)23;1-2-24-13-8-6-12(7-9-13)17(20-10-4-3-5-11-20)14(21)18-16(23)19-15(17)22;1-2-24-12-5-3-11(4-6-12)16(20-9-7-17-8-10-20)13(21)18-15(23)19-14(16)22;1-4-12-11-7-5-10(6-8-11)9(2)3;1-3-9-5-7-10(8-6-9)11-4-2;1-2-7-3-5-8(9)6-4-7;1-2-4-6-5-3-1;1-2-3;3-2(4,5)1(6)7/h4-7H,3,8-11H2,1-2H3,(H2,18,19,22,23,24);6-9H,2-5,10-11H2,1H3,(H2,18,19,21,22,23);3-6,17H,2,7-10H2,1H3,(H2,18,19,21,22,23);5-9H,4H2,1-3H3;5-8H,3-4H2,1-2H3;3-6,9H,2H2,1H3;6H,1-5H2;2H2,1H3;(H,6,7). The fourth-order valence-corrected chi connectivity index (χ4v) is 13.6. The number of phenols is 1. The summed E-state index contributed by atoms with van der Waals surface area (Å²) in [6.45, 7) is 31.9. The van der Waals surface area contributed by atoms with E-state index in [1.807, 2.05) is 94.8 Å². The number of carboxylic acids is 1. The van der Waals surface area contributed by atoms with Crippen LogP contribution in [-0.4, -0.2) is 220 Å². The molecule has 6 aromatic rings. The Labute approximate surface area is 712 Å². The van der Waals surface area contributed by atoms with E-state index in [4.69, 9.17) is 50.3 Å². The van der Waals surface area contributed by atoms with Crippen LogP contribution in [0.5, 0.6) is 34.5 Å². The van der Waals surface area contributed by atoms with Crippen molar-refractivity contribution in [2.45, 2.75) is 149 Å². The molecule has 0 bridgehead atoms. The number of amides is 12. The molecule has 7 saturated heterocycles. The number of piperazine rings is 2. The van der Waals surface area contributed by atoms with Crippen LogP contribution in [0.25, 0.3) is 0 Å². The van der Waals surface area contributed by atoms with Crippen molar-refractivity contribution in [2.75, 3.05) is 124 Å². The van der Waals surface area contributed by atoms with Crippen LogP contribution in [0.4, 0.5) is 27.6 Å². The number of barbiturate groups is 3. The minimum absolute atomic E-state index is 0.340. The van der Waals surface area contributed by atoms with E-state index in [1.54, 1.807) is 89.8 Å². The molecule has 0 atom stereocenters. The number of ether oxygens (including phenoxy) is 5. The third-order valence-electron chi connectivity index (χ3n) is 19.8. The van der Waals surface area contributed by atoms with Gasteiger partial charge in [0.1, 0.15) is 34.5 Å². The number of likely N-dealkylation sites (tertiary alicyclic amines) is 1. The molecule has 0 saturated carbocycles. The van der Waals surface area contributed by atoms with Gasteiger partial charge in [0, 0.05) is 58.2 Å². The molecule has 0 spiro atoms. The van der Waals surface area contributed by atoms with Crippen LogP contribution >= 0.6 is 11.6 Å². The van der Waals surface area contributed by atoms with Gasteiger partial charge < -0.3 is 49.4 Å². The first-order valence-corrected chi connectivity index (χ1v) is 41.6. The number of aromatic hydroxyl groups is 1. The molecule has 0 aliphatic carbocycles. The number of carbonyl (C=O) groups is 10. The molecule has 0 radical (unpaired) electrons. The van der Waals surface area contributed by atoms with Gasteiger partial charge in [0.2, 0.25) is 16.6 Å². The van der Waals surface area contributed by atoms with E-state index in [2.05, 4.69) is 99.4 Å². The highest BCUT2D eigenvalue weighted by atomic mass is 35.5. The number of rotatable bonds is 19. The van der Waals surface area contributed by atoms with Crippen LogP contribution in [0.1, 0.15) is 147 Å². The number of aliphatic carboxylic acids is 1. The van der Waals surface area contributed by atoms with Gasteiger partial charge in [-0.3, -0.25) is 75.4 Å². The van der Waals surface area contributed by atoms with E-state index in [0.29, 0.717) is 118 Å². The van der Waals surface area contributed by atoms with Crippen molar-refractivity contribution in [3.05, 3.63) is 179 Å². The summed E-state index contributed by atoms with van der Waals surface area (Å²) in [6, 6.07) is 42.1. The smallest absolute Gasteiger partial charge is 0.490 e. The van der Waals surface area contributed by atoms with Crippen LogP contribution in [-0.2, 0) is 63.0 Å². The number of nitrogens with zero attached hydrogens (tertiary/aromatic N) is 4. The Hall–Kier alpha value is -10.7. The summed E-state index contributed by atoms with van der Waals surface area (Å²) in [7, 11) is 1.99. The van der Waals surface area contributed by atoms with E-state index < -0.39 is 82.3 Å². The second kappa shape index (κ2) is 51.8. The molecule has 7 fully saturated rings. The first-order valence-electron chi connectivity index (χ1n) is 41.1. The van der Waals surface area contributed by atoms with Crippen molar-refractivity contribution >= 4 is 71.1 Å². The average Bonchev–Trinajstić information content (AvgIpc) is 0.747. The molecule has 13 rings (SSSR count). The number of phenolic OH excluding ortho intramolecular Hbond substituents is 1. The van der Waals surface area contributed by atoms with Crippen LogP contribution < -0.4 is 66.2 Å². The van der Waals surface area contributed by atoms with Crippen LogP contribution in [0.3, 0.4) is 0 Å². The van der Waals surface area contributed by atoms with Gasteiger partial charge in [0.05, 0.1) is 33.0 Å². The van der Waals surface area contributed by atoms with Gasteiger partial charge in [0.15, 0.2) is 0 Å². The number of imide groups is 6. The molecule has 33 heteroatoms.